The van der Waals surface area contributed by atoms with Crippen LogP contribution < -0.4 is 9.62 Å². The minimum Gasteiger partial charge on any atom is -0.352 e. The van der Waals surface area contributed by atoms with Crippen molar-refractivity contribution in [1.82, 2.24) is 10.2 Å². The zero-order valence-electron chi connectivity index (χ0n) is 23.7. The second kappa shape index (κ2) is 13.9. The van der Waals surface area contributed by atoms with Gasteiger partial charge in [0.25, 0.3) is 10.0 Å². The molecule has 3 aromatic rings. The van der Waals surface area contributed by atoms with Gasteiger partial charge in [0.1, 0.15) is 12.6 Å². The SMILES string of the molecule is CC[C@H](C)NC(=O)[C@H](C)N(Cc1ccc(Br)cc1)C(=O)CN(c1ccc(C(C)C)cc1)S(=O)(=O)c1ccccc1. The summed E-state index contributed by atoms with van der Waals surface area (Å²) in [6.45, 7) is 9.34. The maximum Gasteiger partial charge on any atom is 0.264 e. The maximum atomic E-state index is 14.0. The Morgan fingerprint density at radius 3 is 2.02 bits per heavy atom. The number of benzene rings is 3. The third kappa shape index (κ3) is 7.95. The first kappa shape index (κ1) is 31.4. The number of amides is 2. The van der Waals surface area contributed by atoms with Crippen LogP contribution in [0.5, 0.6) is 0 Å². The van der Waals surface area contributed by atoms with Crippen molar-refractivity contribution in [2.75, 3.05) is 10.8 Å². The van der Waals surface area contributed by atoms with Gasteiger partial charge in [0.15, 0.2) is 0 Å². The molecule has 9 heteroatoms. The Bertz CT molecular complexity index is 1380. The van der Waals surface area contributed by atoms with Crippen LogP contribution in [0, 0.1) is 0 Å². The summed E-state index contributed by atoms with van der Waals surface area (Å²) in [6, 6.07) is 21.8. The Labute approximate surface area is 246 Å². The van der Waals surface area contributed by atoms with Crippen LogP contribution >= 0.6 is 15.9 Å². The first-order valence-electron chi connectivity index (χ1n) is 13.5. The fourth-order valence-electron chi connectivity index (χ4n) is 4.11. The maximum absolute atomic E-state index is 14.0. The lowest BCUT2D eigenvalue weighted by molar-refractivity contribution is -0.139. The molecule has 7 nitrogen and oxygen atoms in total. The molecule has 0 radical (unpaired) electrons. The Hall–Kier alpha value is -3.17. The molecule has 0 spiro atoms. The molecule has 0 aliphatic heterocycles. The van der Waals surface area contributed by atoms with Crippen LogP contribution in [0.1, 0.15) is 58.1 Å². The van der Waals surface area contributed by atoms with E-state index >= 15 is 0 Å². The number of sulfonamides is 1. The van der Waals surface area contributed by atoms with Gasteiger partial charge in [-0.2, -0.15) is 0 Å². The van der Waals surface area contributed by atoms with Crippen LogP contribution in [0.4, 0.5) is 5.69 Å². The van der Waals surface area contributed by atoms with Gasteiger partial charge < -0.3 is 10.2 Å². The molecule has 0 unspecified atom stereocenters. The van der Waals surface area contributed by atoms with Gasteiger partial charge in [-0.3, -0.25) is 13.9 Å². The highest BCUT2D eigenvalue weighted by molar-refractivity contribution is 9.10. The van der Waals surface area contributed by atoms with Gasteiger partial charge in [0.2, 0.25) is 11.8 Å². The molecule has 0 bridgehead atoms. The molecule has 40 heavy (non-hydrogen) atoms. The molecule has 0 saturated carbocycles. The smallest absolute Gasteiger partial charge is 0.264 e. The fourth-order valence-corrected chi connectivity index (χ4v) is 5.81. The predicted octanol–water partition coefficient (Wildman–Crippen LogP) is 6.10. The van der Waals surface area contributed by atoms with Crippen molar-refractivity contribution in [1.29, 1.82) is 0 Å². The minimum atomic E-state index is -4.08. The molecule has 0 aromatic heterocycles. The van der Waals surface area contributed by atoms with E-state index in [1.165, 1.54) is 17.0 Å². The van der Waals surface area contributed by atoms with E-state index in [-0.39, 0.29) is 29.3 Å². The Kier molecular flexibility index (Phi) is 10.9. The summed E-state index contributed by atoms with van der Waals surface area (Å²) in [4.78, 5) is 28.6. The van der Waals surface area contributed by atoms with E-state index in [4.69, 9.17) is 0 Å². The normalized spacial score (nSPS) is 13.0. The second-order valence-electron chi connectivity index (χ2n) is 10.2. The number of carbonyl (C=O) groups excluding carboxylic acids is 2. The Morgan fingerprint density at radius 1 is 0.875 bits per heavy atom. The lowest BCUT2D eigenvalue weighted by Gasteiger charge is -2.32. The average Bonchev–Trinajstić information content (AvgIpc) is 2.95. The highest BCUT2D eigenvalue weighted by atomic mass is 79.9. The number of hydrogen-bond acceptors (Lipinski definition) is 4. The molecule has 3 rings (SSSR count). The van der Waals surface area contributed by atoms with Gasteiger partial charge in [-0.05, 0) is 73.7 Å². The number of anilines is 1. The van der Waals surface area contributed by atoms with E-state index in [2.05, 4.69) is 35.1 Å². The molecule has 214 valence electrons. The van der Waals surface area contributed by atoms with Crippen LogP contribution in [-0.2, 0) is 26.2 Å². The van der Waals surface area contributed by atoms with Gasteiger partial charge in [0, 0.05) is 17.1 Å². The molecule has 0 heterocycles. The summed E-state index contributed by atoms with van der Waals surface area (Å²) < 4.78 is 29.7. The molecular weight excluding hydrogens is 590 g/mol. The van der Waals surface area contributed by atoms with E-state index in [1.807, 2.05) is 50.2 Å². The van der Waals surface area contributed by atoms with E-state index in [1.54, 1.807) is 37.3 Å². The molecule has 2 atom stereocenters. The summed E-state index contributed by atoms with van der Waals surface area (Å²) in [5, 5.41) is 2.95. The summed E-state index contributed by atoms with van der Waals surface area (Å²) in [5.41, 5.74) is 2.25. The first-order chi connectivity index (χ1) is 18.9. The number of nitrogens with zero attached hydrogens (tertiary/aromatic N) is 2. The predicted molar refractivity (Wildman–Crippen MR) is 164 cm³/mol. The number of carbonyl (C=O) groups is 2. The minimum absolute atomic E-state index is 0.0611. The lowest BCUT2D eigenvalue weighted by atomic mass is 10.0. The average molecular weight is 629 g/mol. The molecule has 0 aliphatic rings. The van der Waals surface area contributed by atoms with E-state index < -0.39 is 28.5 Å². The third-order valence-corrected chi connectivity index (χ3v) is 9.21. The van der Waals surface area contributed by atoms with Crippen LogP contribution in [0.25, 0.3) is 0 Å². The molecule has 0 fully saturated rings. The summed E-state index contributed by atoms with van der Waals surface area (Å²) in [7, 11) is -4.08. The number of nitrogens with one attached hydrogen (secondary N) is 1. The molecule has 1 N–H and O–H groups in total. The van der Waals surface area contributed by atoms with Crippen molar-refractivity contribution in [3.8, 4) is 0 Å². The number of hydrogen-bond donors (Lipinski definition) is 1. The standard InChI is InChI=1S/C31H38BrN3O4S/c1-6-23(4)33-31(37)24(5)34(20-25-12-16-27(32)17-13-25)30(36)21-35(28-18-14-26(15-19-28)22(2)3)40(38,39)29-10-8-7-9-11-29/h7-19,22-24H,6,20-21H2,1-5H3,(H,33,37)/t23-,24-/m0/s1. The Morgan fingerprint density at radius 2 is 1.48 bits per heavy atom. The van der Waals surface area contributed by atoms with E-state index in [9.17, 15) is 18.0 Å². The number of halogens is 1. The van der Waals surface area contributed by atoms with Gasteiger partial charge in [-0.15, -0.1) is 0 Å². The number of rotatable bonds is 12. The van der Waals surface area contributed by atoms with Crippen molar-refractivity contribution >= 4 is 43.5 Å². The van der Waals surface area contributed by atoms with Crippen molar-refractivity contribution < 1.29 is 18.0 Å². The van der Waals surface area contributed by atoms with Crippen LogP contribution in [0.3, 0.4) is 0 Å². The summed E-state index contributed by atoms with van der Waals surface area (Å²) >= 11 is 3.43. The summed E-state index contributed by atoms with van der Waals surface area (Å²) in [6.07, 6.45) is 0.745. The zero-order chi connectivity index (χ0) is 29.4. The van der Waals surface area contributed by atoms with Gasteiger partial charge >= 0.3 is 0 Å². The van der Waals surface area contributed by atoms with Crippen molar-refractivity contribution in [3.05, 3.63) is 94.5 Å². The van der Waals surface area contributed by atoms with Crippen molar-refractivity contribution in [2.45, 2.75) is 70.5 Å². The third-order valence-electron chi connectivity index (χ3n) is 6.89. The molecule has 0 aliphatic carbocycles. The quantitative estimate of drug-likeness (QED) is 0.263. The van der Waals surface area contributed by atoms with E-state index in [0.717, 1.165) is 26.3 Å². The first-order valence-corrected chi connectivity index (χ1v) is 15.7. The highest BCUT2D eigenvalue weighted by Gasteiger charge is 2.32. The van der Waals surface area contributed by atoms with Crippen LogP contribution in [0.2, 0.25) is 0 Å². The molecule has 2 amide bonds. The topological polar surface area (TPSA) is 86.8 Å². The molecule has 0 saturated heterocycles. The lowest BCUT2D eigenvalue weighted by Crippen LogP contribution is -2.52. The van der Waals surface area contributed by atoms with Crippen molar-refractivity contribution in [3.63, 3.8) is 0 Å². The zero-order valence-corrected chi connectivity index (χ0v) is 26.1. The fraction of sp³-hybridized carbons (Fsp3) is 0.355. The molecular formula is C31H38BrN3O4S. The van der Waals surface area contributed by atoms with Gasteiger partial charge in [-0.25, -0.2) is 8.42 Å². The second-order valence-corrected chi connectivity index (χ2v) is 13.0. The highest BCUT2D eigenvalue weighted by Crippen LogP contribution is 2.26. The monoisotopic (exact) mass is 627 g/mol. The van der Waals surface area contributed by atoms with Gasteiger partial charge in [-0.1, -0.05) is 79.2 Å². The van der Waals surface area contributed by atoms with Crippen LogP contribution in [-0.4, -0.2) is 43.8 Å². The van der Waals surface area contributed by atoms with Crippen molar-refractivity contribution in [2.24, 2.45) is 0 Å². The molecule has 3 aromatic carbocycles. The Balaban J connectivity index is 2.02. The van der Waals surface area contributed by atoms with Crippen LogP contribution in [0.15, 0.2) is 88.2 Å². The summed E-state index contributed by atoms with van der Waals surface area (Å²) in [5.74, 6) is -0.512. The van der Waals surface area contributed by atoms with Gasteiger partial charge in [0.05, 0.1) is 10.6 Å². The van der Waals surface area contributed by atoms with E-state index in [0.29, 0.717) is 5.69 Å². The largest absolute Gasteiger partial charge is 0.352 e.